The van der Waals surface area contributed by atoms with E-state index in [1.807, 2.05) is 25.2 Å². The van der Waals surface area contributed by atoms with Gasteiger partial charge in [-0.3, -0.25) is 0 Å². The molecule has 0 saturated carbocycles. The quantitative estimate of drug-likeness (QED) is 0.872. The Morgan fingerprint density at radius 3 is 2.75 bits per heavy atom. The molecule has 0 radical (unpaired) electrons. The molecule has 0 aliphatic rings. The van der Waals surface area contributed by atoms with Crippen LogP contribution in [0.1, 0.15) is 19.7 Å². The van der Waals surface area contributed by atoms with Gasteiger partial charge in [0.2, 0.25) is 0 Å². The first-order valence-electron chi connectivity index (χ1n) is 5.28. The second-order valence-corrected chi connectivity index (χ2v) is 5.15. The van der Waals surface area contributed by atoms with Gasteiger partial charge in [-0.1, -0.05) is 25.4 Å². The molecule has 2 N–H and O–H groups in total. The lowest BCUT2D eigenvalue weighted by Crippen LogP contribution is -2.31. The molecule has 0 atom stereocenters. The van der Waals surface area contributed by atoms with E-state index in [2.05, 4.69) is 23.4 Å². The van der Waals surface area contributed by atoms with Crippen molar-refractivity contribution >= 4 is 22.6 Å². The fraction of sp³-hybridized carbons (Fsp3) is 0.417. The maximum atomic E-state index is 5.95. The molecule has 2 aromatic rings. The minimum Gasteiger partial charge on any atom is -0.331 e. The van der Waals surface area contributed by atoms with Crippen LogP contribution < -0.4 is 5.73 Å². The molecule has 4 heteroatoms. The van der Waals surface area contributed by atoms with Crippen LogP contribution in [-0.4, -0.2) is 16.1 Å². The molecule has 0 aliphatic carbocycles. The second kappa shape index (κ2) is 3.75. The second-order valence-electron chi connectivity index (χ2n) is 4.72. The molecule has 0 saturated heterocycles. The summed E-state index contributed by atoms with van der Waals surface area (Å²) in [6, 6.07) is 5.75. The van der Waals surface area contributed by atoms with Crippen LogP contribution in [0.15, 0.2) is 18.2 Å². The number of nitrogens with zero attached hydrogens (tertiary/aromatic N) is 2. The van der Waals surface area contributed by atoms with E-state index in [0.717, 1.165) is 16.9 Å². The summed E-state index contributed by atoms with van der Waals surface area (Å²) in [7, 11) is 2.01. The molecular formula is C12H16ClN3. The number of rotatable bonds is 2. The van der Waals surface area contributed by atoms with Crippen molar-refractivity contribution in [1.82, 2.24) is 9.55 Å². The van der Waals surface area contributed by atoms with Crippen LogP contribution in [-0.2, 0) is 12.5 Å². The van der Waals surface area contributed by atoms with Crippen molar-refractivity contribution in [2.45, 2.75) is 19.3 Å². The van der Waals surface area contributed by atoms with Crippen LogP contribution in [0.5, 0.6) is 0 Å². The van der Waals surface area contributed by atoms with Gasteiger partial charge in [-0.2, -0.15) is 0 Å². The molecule has 86 valence electrons. The van der Waals surface area contributed by atoms with E-state index < -0.39 is 0 Å². The standard InChI is InChI=1S/C12H16ClN3/c1-12(2,7-14)11-15-9-6-8(13)4-5-10(9)16(11)3/h4-6H,7,14H2,1-3H3. The monoisotopic (exact) mass is 237 g/mol. The van der Waals surface area contributed by atoms with E-state index in [4.69, 9.17) is 17.3 Å². The molecule has 0 bridgehead atoms. The Balaban J connectivity index is 2.69. The summed E-state index contributed by atoms with van der Waals surface area (Å²) < 4.78 is 2.08. The van der Waals surface area contributed by atoms with Gasteiger partial charge in [-0.25, -0.2) is 4.98 Å². The number of benzene rings is 1. The summed E-state index contributed by atoms with van der Waals surface area (Å²) in [5.74, 6) is 0.993. The number of hydrogen-bond donors (Lipinski definition) is 1. The van der Waals surface area contributed by atoms with Crippen LogP contribution in [0.2, 0.25) is 5.02 Å². The van der Waals surface area contributed by atoms with E-state index >= 15 is 0 Å². The fourth-order valence-corrected chi connectivity index (χ4v) is 2.04. The van der Waals surface area contributed by atoms with Crippen molar-refractivity contribution < 1.29 is 0 Å². The minimum absolute atomic E-state index is 0.125. The Morgan fingerprint density at radius 1 is 1.44 bits per heavy atom. The summed E-state index contributed by atoms with van der Waals surface area (Å²) in [5.41, 5.74) is 7.66. The van der Waals surface area contributed by atoms with Gasteiger partial charge in [-0.15, -0.1) is 0 Å². The lowest BCUT2D eigenvalue weighted by Gasteiger charge is -2.21. The van der Waals surface area contributed by atoms with Gasteiger partial charge in [0.15, 0.2) is 0 Å². The Hall–Kier alpha value is -1.06. The number of imidazole rings is 1. The first-order valence-corrected chi connectivity index (χ1v) is 5.66. The predicted molar refractivity (Wildman–Crippen MR) is 67.8 cm³/mol. The number of fused-ring (bicyclic) bond motifs is 1. The molecule has 0 unspecified atom stereocenters. The van der Waals surface area contributed by atoms with Crippen LogP contribution in [0.25, 0.3) is 11.0 Å². The van der Waals surface area contributed by atoms with Gasteiger partial charge in [0.05, 0.1) is 11.0 Å². The van der Waals surface area contributed by atoms with E-state index in [9.17, 15) is 0 Å². The largest absolute Gasteiger partial charge is 0.331 e. The summed E-state index contributed by atoms with van der Waals surface area (Å²) in [6.07, 6.45) is 0. The number of aryl methyl sites for hydroxylation is 1. The topological polar surface area (TPSA) is 43.8 Å². The summed E-state index contributed by atoms with van der Waals surface area (Å²) in [4.78, 5) is 4.61. The third kappa shape index (κ3) is 1.70. The highest BCUT2D eigenvalue weighted by Crippen LogP contribution is 2.26. The lowest BCUT2D eigenvalue weighted by atomic mass is 9.93. The maximum Gasteiger partial charge on any atom is 0.116 e. The molecule has 1 aromatic heterocycles. The van der Waals surface area contributed by atoms with Crippen LogP contribution >= 0.6 is 11.6 Å². The highest BCUT2D eigenvalue weighted by atomic mass is 35.5. The SMILES string of the molecule is Cn1c(C(C)(C)CN)nc2cc(Cl)ccc21. The van der Waals surface area contributed by atoms with Crippen molar-refractivity contribution in [3.8, 4) is 0 Å². The molecule has 0 spiro atoms. The Morgan fingerprint density at radius 2 is 2.12 bits per heavy atom. The summed E-state index contributed by atoms with van der Waals surface area (Å²) in [6.45, 7) is 4.75. The molecule has 2 rings (SSSR count). The molecular weight excluding hydrogens is 222 g/mol. The van der Waals surface area contributed by atoms with Crippen molar-refractivity contribution in [3.63, 3.8) is 0 Å². The number of halogens is 1. The van der Waals surface area contributed by atoms with Crippen molar-refractivity contribution in [2.75, 3.05) is 6.54 Å². The number of hydrogen-bond acceptors (Lipinski definition) is 2. The third-order valence-electron chi connectivity index (χ3n) is 2.96. The smallest absolute Gasteiger partial charge is 0.116 e. The highest BCUT2D eigenvalue weighted by molar-refractivity contribution is 6.31. The molecule has 0 aliphatic heterocycles. The zero-order chi connectivity index (χ0) is 11.9. The van der Waals surface area contributed by atoms with Crippen molar-refractivity contribution in [2.24, 2.45) is 12.8 Å². The van der Waals surface area contributed by atoms with Gasteiger partial charge in [0.1, 0.15) is 5.82 Å². The summed E-state index contributed by atoms with van der Waals surface area (Å²) in [5, 5.41) is 0.711. The molecule has 16 heavy (non-hydrogen) atoms. The zero-order valence-electron chi connectivity index (χ0n) is 9.79. The van der Waals surface area contributed by atoms with Crippen LogP contribution in [0.3, 0.4) is 0 Å². The van der Waals surface area contributed by atoms with E-state index in [1.54, 1.807) is 0 Å². The Bertz CT molecular complexity index is 528. The van der Waals surface area contributed by atoms with Crippen LogP contribution in [0.4, 0.5) is 0 Å². The van der Waals surface area contributed by atoms with Gasteiger partial charge >= 0.3 is 0 Å². The molecule has 1 aromatic carbocycles. The van der Waals surface area contributed by atoms with Gasteiger partial charge in [0, 0.05) is 24.0 Å². The Labute approximate surface area is 100 Å². The highest BCUT2D eigenvalue weighted by Gasteiger charge is 2.24. The first kappa shape index (κ1) is 11.4. The number of nitrogens with two attached hydrogens (primary N) is 1. The fourth-order valence-electron chi connectivity index (χ4n) is 1.87. The van der Waals surface area contributed by atoms with Crippen LogP contribution in [0, 0.1) is 0 Å². The van der Waals surface area contributed by atoms with Gasteiger partial charge < -0.3 is 10.3 Å². The average Bonchev–Trinajstić information content (AvgIpc) is 2.56. The molecule has 0 fully saturated rings. The predicted octanol–water partition coefficient (Wildman–Crippen LogP) is 2.46. The molecule has 0 amide bonds. The van der Waals surface area contributed by atoms with Gasteiger partial charge in [-0.05, 0) is 18.2 Å². The first-order chi connectivity index (χ1) is 7.45. The minimum atomic E-state index is -0.125. The summed E-state index contributed by atoms with van der Waals surface area (Å²) >= 11 is 5.95. The average molecular weight is 238 g/mol. The van der Waals surface area contributed by atoms with E-state index in [1.165, 1.54) is 0 Å². The van der Waals surface area contributed by atoms with E-state index in [-0.39, 0.29) is 5.41 Å². The normalized spacial score (nSPS) is 12.3. The number of aromatic nitrogens is 2. The zero-order valence-corrected chi connectivity index (χ0v) is 10.5. The lowest BCUT2D eigenvalue weighted by molar-refractivity contribution is 0.487. The van der Waals surface area contributed by atoms with Crippen molar-refractivity contribution in [1.29, 1.82) is 0 Å². The maximum absolute atomic E-state index is 5.95. The molecule has 3 nitrogen and oxygen atoms in total. The molecule has 1 heterocycles. The van der Waals surface area contributed by atoms with E-state index in [0.29, 0.717) is 11.6 Å². The van der Waals surface area contributed by atoms with Crippen molar-refractivity contribution in [3.05, 3.63) is 29.0 Å². The van der Waals surface area contributed by atoms with Gasteiger partial charge in [0.25, 0.3) is 0 Å². The third-order valence-corrected chi connectivity index (χ3v) is 3.19. The Kier molecular flexibility index (Phi) is 2.68.